The Balaban J connectivity index is 0.000000374. The monoisotopic (exact) mass is 624 g/mol. The Bertz CT molecular complexity index is 1310. The molecule has 2 nitrogen and oxygen atoms in total. The van der Waals surface area contributed by atoms with Crippen molar-refractivity contribution in [1.29, 1.82) is 0 Å². The van der Waals surface area contributed by atoms with Crippen LogP contribution in [0.5, 0.6) is 0 Å². The van der Waals surface area contributed by atoms with Gasteiger partial charge in [-0.2, -0.15) is 6.42 Å². The van der Waals surface area contributed by atoms with Crippen molar-refractivity contribution in [3.05, 3.63) is 126 Å². The van der Waals surface area contributed by atoms with Gasteiger partial charge in [0.2, 0.25) is 0 Å². The van der Waals surface area contributed by atoms with Gasteiger partial charge in [-0.1, -0.05) is 123 Å². The number of hydrogen-bond acceptors (Lipinski definition) is 2. The molecule has 3 heteroatoms. The average Bonchev–Trinajstić information content (AvgIpc) is 2.92. The summed E-state index contributed by atoms with van der Waals surface area (Å²) in [6.07, 6.45) is 0.906. The molecule has 0 unspecified atom stereocenters. The van der Waals surface area contributed by atoms with E-state index in [0.29, 0.717) is 0 Å². The van der Waals surface area contributed by atoms with E-state index in [2.05, 4.69) is 148 Å². The second kappa shape index (κ2) is 14.7. The number of nitrogens with zero attached hydrogens (tertiary/aromatic N) is 2. The molecule has 0 spiro atoms. The van der Waals surface area contributed by atoms with Crippen LogP contribution in [0.15, 0.2) is 97.1 Å². The van der Waals surface area contributed by atoms with Gasteiger partial charge in [-0.3, -0.25) is 0 Å². The maximum Gasteiger partial charge on any atom is 0.0452 e. The molecule has 0 saturated heterocycles. The molecular formula is C38H51N2Y-. The summed E-state index contributed by atoms with van der Waals surface area (Å²) < 4.78 is 0. The molecule has 2 aliphatic rings. The molecule has 2 heterocycles. The van der Waals surface area contributed by atoms with Crippen molar-refractivity contribution in [2.75, 3.05) is 22.9 Å². The smallest absolute Gasteiger partial charge is 0.0452 e. The summed E-state index contributed by atoms with van der Waals surface area (Å²) in [5.41, 5.74) is 11.2. The van der Waals surface area contributed by atoms with Crippen LogP contribution in [0.1, 0.15) is 85.6 Å². The Kier molecular flexibility index (Phi) is 13.1. The number of hydrogen-bond donors (Lipinski definition) is 0. The molecule has 6 rings (SSSR count). The summed E-state index contributed by atoms with van der Waals surface area (Å²) in [6, 6.07) is 35.0. The van der Waals surface area contributed by atoms with E-state index in [4.69, 9.17) is 0 Å². The Morgan fingerprint density at radius 3 is 1.05 bits per heavy atom. The SMILES string of the molecule is C.C.C.CCN1c2ccccc2C(C)(C)c2ccccc21.[CH2-]CCN1c2ccccc2C(C)(C)c2ccccc21.[Y]. The largest absolute Gasteiger partial charge is 0.344 e. The molecule has 4 aromatic carbocycles. The molecule has 2 aliphatic heterocycles. The second-order valence-electron chi connectivity index (χ2n) is 11.1. The third kappa shape index (κ3) is 6.35. The first kappa shape index (κ1) is 36.6. The van der Waals surface area contributed by atoms with Crippen LogP contribution in [-0.2, 0) is 43.5 Å². The molecule has 0 fully saturated rings. The number of benzene rings is 4. The van der Waals surface area contributed by atoms with Crippen LogP contribution in [0.2, 0.25) is 0 Å². The normalized spacial score (nSPS) is 14.4. The molecular weight excluding hydrogens is 573 g/mol. The predicted octanol–water partition coefficient (Wildman–Crippen LogP) is 11.1. The van der Waals surface area contributed by atoms with Crippen molar-refractivity contribution in [2.24, 2.45) is 0 Å². The molecule has 0 N–H and O–H groups in total. The summed E-state index contributed by atoms with van der Waals surface area (Å²) in [4.78, 5) is 4.82. The Labute approximate surface area is 277 Å². The standard InChI is InChI=1S/C18H20N.C17H19N.3CH4.Y/c1-4-13-19-16-11-7-5-9-14(16)18(2,3)15-10-6-8-12-17(15)19;1-4-18-15-11-7-5-9-13(15)17(2,3)14-10-6-8-12-16(14)18;;;;/h5-12H,1,4,13H2,2-3H3;5-12H,4H2,1-3H3;3*1H4;/q-1;;;;;. The zero-order valence-electron chi connectivity index (χ0n) is 23.5. The second-order valence-corrected chi connectivity index (χ2v) is 11.1. The van der Waals surface area contributed by atoms with E-state index in [1.807, 2.05) is 0 Å². The van der Waals surface area contributed by atoms with Crippen LogP contribution in [0.25, 0.3) is 0 Å². The van der Waals surface area contributed by atoms with E-state index >= 15 is 0 Å². The van der Waals surface area contributed by atoms with Gasteiger partial charge >= 0.3 is 0 Å². The zero-order valence-corrected chi connectivity index (χ0v) is 26.4. The van der Waals surface area contributed by atoms with Gasteiger partial charge in [0.05, 0.1) is 0 Å². The van der Waals surface area contributed by atoms with Gasteiger partial charge in [-0.15, -0.1) is 0 Å². The first-order chi connectivity index (χ1) is 17.8. The minimum Gasteiger partial charge on any atom is -0.344 e. The molecule has 0 bridgehead atoms. The number of rotatable bonds is 3. The maximum absolute atomic E-state index is 4.02. The molecule has 0 aromatic heterocycles. The fraction of sp³-hybridized carbons (Fsp3) is 0.342. The van der Waals surface area contributed by atoms with Gasteiger partial charge in [0, 0.05) is 72.8 Å². The Morgan fingerprint density at radius 1 is 0.512 bits per heavy atom. The van der Waals surface area contributed by atoms with Gasteiger partial charge in [-0.05, 0) is 60.0 Å². The summed E-state index contributed by atoms with van der Waals surface area (Å²) in [6.45, 7) is 17.5. The fourth-order valence-electron chi connectivity index (χ4n) is 6.24. The molecule has 217 valence electrons. The van der Waals surface area contributed by atoms with Crippen molar-refractivity contribution < 1.29 is 32.7 Å². The predicted molar refractivity (Wildman–Crippen MR) is 180 cm³/mol. The van der Waals surface area contributed by atoms with Crippen LogP contribution in [0, 0.1) is 6.92 Å². The van der Waals surface area contributed by atoms with Crippen LogP contribution in [-0.4, -0.2) is 13.1 Å². The molecule has 1 radical (unpaired) electrons. The quantitative estimate of drug-likeness (QED) is 0.209. The van der Waals surface area contributed by atoms with Crippen molar-refractivity contribution in [3.8, 4) is 0 Å². The maximum atomic E-state index is 4.02. The molecule has 0 amide bonds. The van der Waals surface area contributed by atoms with Gasteiger partial charge in [0.25, 0.3) is 0 Å². The molecule has 4 aromatic rings. The van der Waals surface area contributed by atoms with E-state index in [-0.39, 0.29) is 65.8 Å². The van der Waals surface area contributed by atoms with Gasteiger partial charge in [-0.25, -0.2) is 0 Å². The third-order valence-electron chi connectivity index (χ3n) is 8.17. The van der Waals surface area contributed by atoms with Crippen molar-refractivity contribution >= 4 is 22.7 Å². The van der Waals surface area contributed by atoms with E-state index in [1.165, 1.54) is 45.0 Å². The van der Waals surface area contributed by atoms with E-state index in [1.54, 1.807) is 0 Å². The Hall–Kier alpha value is -2.42. The van der Waals surface area contributed by atoms with Crippen LogP contribution in [0.3, 0.4) is 0 Å². The van der Waals surface area contributed by atoms with Gasteiger partial charge < -0.3 is 16.7 Å². The van der Waals surface area contributed by atoms with Crippen molar-refractivity contribution in [2.45, 2.75) is 74.1 Å². The number of anilines is 4. The van der Waals surface area contributed by atoms with Crippen LogP contribution >= 0.6 is 0 Å². The van der Waals surface area contributed by atoms with Gasteiger partial charge in [0.1, 0.15) is 0 Å². The molecule has 41 heavy (non-hydrogen) atoms. The summed E-state index contributed by atoms with van der Waals surface area (Å²) in [5, 5.41) is 0. The Morgan fingerprint density at radius 2 is 0.780 bits per heavy atom. The van der Waals surface area contributed by atoms with Crippen LogP contribution < -0.4 is 9.80 Å². The third-order valence-corrected chi connectivity index (χ3v) is 8.17. The van der Waals surface area contributed by atoms with Gasteiger partial charge in [0.15, 0.2) is 0 Å². The summed E-state index contributed by atoms with van der Waals surface area (Å²) in [5.74, 6) is 0. The minimum atomic E-state index is 0. The first-order valence-electron chi connectivity index (χ1n) is 13.5. The van der Waals surface area contributed by atoms with Crippen molar-refractivity contribution in [3.63, 3.8) is 0 Å². The minimum absolute atomic E-state index is 0. The van der Waals surface area contributed by atoms with E-state index in [9.17, 15) is 0 Å². The topological polar surface area (TPSA) is 6.48 Å². The zero-order chi connectivity index (χ0) is 26.2. The summed E-state index contributed by atoms with van der Waals surface area (Å²) >= 11 is 0. The molecule has 0 aliphatic carbocycles. The van der Waals surface area contributed by atoms with Crippen LogP contribution in [0.4, 0.5) is 22.7 Å². The fourth-order valence-corrected chi connectivity index (χ4v) is 6.24. The number of fused-ring (bicyclic) bond motifs is 4. The molecule has 0 saturated carbocycles. The first-order valence-corrected chi connectivity index (χ1v) is 13.5. The van der Waals surface area contributed by atoms with E-state index < -0.39 is 0 Å². The van der Waals surface area contributed by atoms with Crippen molar-refractivity contribution in [1.82, 2.24) is 0 Å². The number of para-hydroxylation sites is 4. The summed E-state index contributed by atoms with van der Waals surface area (Å²) in [7, 11) is 0. The average molecular weight is 625 g/mol. The molecule has 0 atom stereocenters. The van der Waals surface area contributed by atoms with E-state index in [0.717, 1.165) is 19.5 Å².